The number of likely N-dealkylation sites (tertiary alicyclic amines) is 2. The standard InChI is InChI=1S/C18H35N3/c1-16-7-12-20(13-8-16)15-17-6-9-19-14-18(17)21-10-4-2-3-5-11-21/h16-19H,2-15H2,1H3. The second-order valence-electron chi connectivity index (χ2n) is 7.75. The molecule has 0 bridgehead atoms. The minimum atomic E-state index is 0.802. The van der Waals surface area contributed by atoms with Crippen molar-refractivity contribution in [2.45, 2.75) is 57.9 Å². The average Bonchev–Trinajstić information content (AvgIpc) is 2.79. The summed E-state index contributed by atoms with van der Waals surface area (Å²) in [5.41, 5.74) is 0. The van der Waals surface area contributed by atoms with E-state index in [0.29, 0.717) is 0 Å². The van der Waals surface area contributed by atoms with Crippen molar-refractivity contribution in [1.82, 2.24) is 15.1 Å². The maximum atomic E-state index is 3.67. The SMILES string of the molecule is CC1CCN(CC2CCNCC2N2CCCCCC2)CC1. The van der Waals surface area contributed by atoms with Gasteiger partial charge in [-0.15, -0.1) is 0 Å². The Kier molecular flexibility index (Phi) is 5.96. The molecular formula is C18H35N3. The predicted molar refractivity (Wildman–Crippen MR) is 89.6 cm³/mol. The average molecular weight is 293 g/mol. The Morgan fingerprint density at radius 2 is 1.62 bits per heavy atom. The van der Waals surface area contributed by atoms with Crippen molar-refractivity contribution in [3.8, 4) is 0 Å². The molecule has 0 aromatic heterocycles. The highest BCUT2D eigenvalue weighted by atomic mass is 15.2. The smallest absolute Gasteiger partial charge is 0.0261 e. The highest BCUT2D eigenvalue weighted by Gasteiger charge is 2.32. The lowest BCUT2D eigenvalue weighted by Gasteiger charge is -2.43. The predicted octanol–water partition coefficient (Wildman–Crippen LogP) is 2.57. The molecule has 122 valence electrons. The maximum Gasteiger partial charge on any atom is 0.0261 e. The quantitative estimate of drug-likeness (QED) is 0.863. The van der Waals surface area contributed by atoms with Crippen molar-refractivity contribution >= 4 is 0 Å². The van der Waals surface area contributed by atoms with Gasteiger partial charge in [0.15, 0.2) is 0 Å². The van der Waals surface area contributed by atoms with Gasteiger partial charge in [-0.05, 0) is 76.7 Å². The van der Waals surface area contributed by atoms with Crippen molar-refractivity contribution in [3.05, 3.63) is 0 Å². The molecule has 0 radical (unpaired) electrons. The summed E-state index contributed by atoms with van der Waals surface area (Å²) < 4.78 is 0. The Bertz CT molecular complexity index is 291. The van der Waals surface area contributed by atoms with E-state index in [0.717, 1.165) is 17.9 Å². The third kappa shape index (κ3) is 4.43. The molecule has 3 fully saturated rings. The van der Waals surface area contributed by atoms with Gasteiger partial charge in [0.1, 0.15) is 0 Å². The molecular weight excluding hydrogens is 258 g/mol. The Hall–Kier alpha value is -0.120. The normalized spacial score (nSPS) is 34.7. The van der Waals surface area contributed by atoms with Crippen LogP contribution >= 0.6 is 0 Å². The van der Waals surface area contributed by atoms with Crippen LogP contribution in [-0.4, -0.2) is 61.7 Å². The van der Waals surface area contributed by atoms with Gasteiger partial charge in [0, 0.05) is 19.1 Å². The van der Waals surface area contributed by atoms with Crippen LogP contribution in [0.2, 0.25) is 0 Å². The molecule has 3 heterocycles. The van der Waals surface area contributed by atoms with Gasteiger partial charge in [-0.2, -0.15) is 0 Å². The largest absolute Gasteiger partial charge is 0.315 e. The summed E-state index contributed by atoms with van der Waals surface area (Å²) in [6.45, 7) is 11.6. The molecule has 0 saturated carbocycles. The molecule has 3 nitrogen and oxygen atoms in total. The van der Waals surface area contributed by atoms with Gasteiger partial charge in [0.05, 0.1) is 0 Å². The van der Waals surface area contributed by atoms with Gasteiger partial charge in [0.2, 0.25) is 0 Å². The Balaban J connectivity index is 1.55. The summed E-state index contributed by atoms with van der Waals surface area (Å²) in [5.74, 6) is 1.86. The molecule has 3 saturated heterocycles. The summed E-state index contributed by atoms with van der Waals surface area (Å²) in [7, 11) is 0. The van der Waals surface area contributed by atoms with Gasteiger partial charge >= 0.3 is 0 Å². The Labute approximate surface area is 131 Å². The van der Waals surface area contributed by atoms with E-state index in [4.69, 9.17) is 0 Å². The highest BCUT2D eigenvalue weighted by Crippen LogP contribution is 2.25. The molecule has 21 heavy (non-hydrogen) atoms. The first-order valence-corrected chi connectivity index (χ1v) is 9.50. The van der Waals surface area contributed by atoms with Crippen molar-refractivity contribution in [1.29, 1.82) is 0 Å². The fourth-order valence-electron chi connectivity index (χ4n) is 4.54. The molecule has 3 aliphatic heterocycles. The minimum Gasteiger partial charge on any atom is -0.315 e. The minimum absolute atomic E-state index is 0.802. The fraction of sp³-hybridized carbons (Fsp3) is 1.00. The number of nitrogens with zero attached hydrogens (tertiary/aromatic N) is 2. The van der Waals surface area contributed by atoms with Crippen LogP contribution in [0.3, 0.4) is 0 Å². The van der Waals surface area contributed by atoms with Crippen LogP contribution in [0.1, 0.15) is 51.9 Å². The summed E-state index contributed by atoms with van der Waals surface area (Å²) in [4.78, 5) is 5.59. The molecule has 3 heteroatoms. The van der Waals surface area contributed by atoms with Crippen LogP contribution in [0.15, 0.2) is 0 Å². The lowest BCUT2D eigenvalue weighted by Crippen LogP contribution is -2.54. The number of rotatable bonds is 3. The maximum absolute atomic E-state index is 3.67. The van der Waals surface area contributed by atoms with Crippen molar-refractivity contribution in [3.63, 3.8) is 0 Å². The van der Waals surface area contributed by atoms with E-state index >= 15 is 0 Å². The van der Waals surface area contributed by atoms with Gasteiger partial charge in [-0.3, -0.25) is 4.90 Å². The van der Waals surface area contributed by atoms with E-state index < -0.39 is 0 Å². The van der Waals surface area contributed by atoms with E-state index in [1.54, 1.807) is 0 Å². The van der Waals surface area contributed by atoms with Gasteiger partial charge < -0.3 is 10.2 Å². The Morgan fingerprint density at radius 3 is 2.33 bits per heavy atom. The second-order valence-corrected chi connectivity index (χ2v) is 7.75. The lowest BCUT2D eigenvalue weighted by atomic mass is 9.89. The first-order valence-electron chi connectivity index (χ1n) is 9.50. The van der Waals surface area contributed by atoms with E-state index in [1.165, 1.54) is 90.8 Å². The topological polar surface area (TPSA) is 18.5 Å². The molecule has 0 aliphatic carbocycles. The van der Waals surface area contributed by atoms with E-state index in [1.807, 2.05) is 0 Å². The first kappa shape index (κ1) is 15.8. The van der Waals surface area contributed by atoms with Crippen LogP contribution < -0.4 is 5.32 Å². The van der Waals surface area contributed by atoms with E-state index in [2.05, 4.69) is 22.0 Å². The number of hydrogen-bond donors (Lipinski definition) is 1. The summed E-state index contributed by atoms with van der Waals surface area (Å²) in [6.07, 6.45) is 9.96. The van der Waals surface area contributed by atoms with Gasteiger partial charge in [0.25, 0.3) is 0 Å². The molecule has 0 aromatic carbocycles. The van der Waals surface area contributed by atoms with Crippen molar-refractivity contribution in [2.75, 3.05) is 45.8 Å². The van der Waals surface area contributed by atoms with Crippen LogP contribution in [0.5, 0.6) is 0 Å². The third-order valence-electron chi connectivity index (χ3n) is 6.07. The zero-order chi connectivity index (χ0) is 14.5. The zero-order valence-corrected chi connectivity index (χ0v) is 14.0. The first-order chi connectivity index (χ1) is 10.3. The van der Waals surface area contributed by atoms with Gasteiger partial charge in [-0.1, -0.05) is 19.8 Å². The van der Waals surface area contributed by atoms with Crippen LogP contribution in [0.25, 0.3) is 0 Å². The number of piperidine rings is 2. The second kappa shape index (κ2) is 7.94. The summed E-state index contributed by atoms with van der Waals surface area (Å²) in [5, 5.41) is 3.67. The summed E-state index contributed by atoms with van der Waals surface area (Å²) in [6, 6.07) is 0.802. The fourth-order valence-corrected chi connectivity index (χ4v) is 4.54. The summed E-state index contributed by atoms with van der Waals surface area (Å²) >= 11 is 0. The molecule has 0 spiro atoms. The lowest BCUT2D eigenvalue weighted by molar-refractivity contribution is 0.0763. The number of hydrogen-bond acceptors (Lipinski definition) is 3. The molecule has 3 aliphatic rings. The Morgan fingerprint density at radius 1 is 0.905 bits per heavy atom. The molecule has 2 atom stereocenters. The monoisotopic (exact) mass is 293 g/mol. The van der Waals surface area contributed by atoms with E-state index in [-0.39, 0.29) is 0 Å². The molecule has 1 N–H and O–H groups in total. The van der Waals surface area contributed by atoms with Crippen LogP contribution in [0, 0.1) is 11.8 Å². The molecule has 2 unspecified atom stereocenters. The van der Waals surface area contributed by atoms with Crippen LogP contribution in [-0.2, 0) is 0 Å². The molecule has 0 aromatic rings. The van der Waals surface area contributed by atoms with Crippen molar-refractivity contribution < 1.29 is 0 Å². The van der Waals surface area contributed by atoms with E-state index in [9.17, 15) is 0 Å². The van der Waals surface area contributed by atoms with Crippen LogP contribution in [0.4, 0.5) is 0 Å². The molecule has 3 rings (SSSR count). The van der Waals surface area contributed by atoms with Gasteiger partial charge in [-0.25, -0.2) is 0 Å². The number of nitrogens with one attached hydrogen (secondary N) is 1. The molecule has 0 amide bonds. The zero-order valence-electron chi connectivity index (χ0n) is 14.0. The van der Waals surface area contributed by atoms with Crippen molar-refractivity contribution in [2.24, 2.45) is 11.8 Å². The third-order valence-corrected chi connectivity index (χ3v) is 6.07. The highest BCUT2D eigenvalue weighted by molar-refractivity contribution is 4.89.